The molecule has 0 amide bonds. The summed E-state index contributed by atoms with van der Waals surface area (Å²) in [6, 6.07) is 5.94. The first-order valence-electron chi connectivity index (χ1n) is 10.9. The maximum atomic E-state index is 12.6. The lowest BCUT2D eigenvalue weighted by molar-refractivity contribution is -0.947. The molecular formula is C23H36NO4+. The van der Waals surface area contributed by atoms with Crippen LogP contribution in [0.2, 0.25) is 0 Å². The zero-order valence-electron chi connectivity index (χ0n) is 17.7. The largest absolute Gasteiger partial charge is 0.493 e. The van der Waals surface area contributed by atoms with Crippen LogP contribution < -0.4 is 9.47 Å². The smallest absolute Gasteiger partial charge is 0.338 e. The molecule has 0 bridgehead atoms. The van der Waals surface area contributed by atoms with Gasteiger partial charge in [-0.1, -0.05) is 13.3 Å². The second-order valence-corrected chi connectivity index (χ2v) is 8.56. The molecule has 0 aliphatic carbocycles. The summed E-state index contributed by atoms with van der Waals surface area (Å²) in [4.78, 5) is 12.6. The highest BCUT2D eigenvalue weighted by molar-refractivity contribution is 5.90. The molecule has 5 heteroatoms. The molecule has 2 unspecified atom stereocenters. The Morgan fingerprint density at radius 1 is 1.14 bits per heavy atom. The molecule has 2 saturated heterocycles. The van der Waals surface area contributed by atoms with Crippen molar-refractivity contribution in [1.29, 1.82) is 0 Å². The number of carbonyl (C=O) groups is 1. The highest BCUT2D eigenvalue weighted by Gasteiger charge is 2.43. The van der Waals surface area contributed by atoms with Crippen LogP contribution in [0.3, 0.4) is 0 Å². The van der Waals surface area contributed by atoms with Gasteiger partial charge in [-0.25, -0.2) is 4.79 Å². The fraction of sp³-hybridized carbons (Fsp3) is 0.696. The second-order valence-electron chi connectivity index (χ2n) is 8.56. The number of quaternary nitrogens is 1. The molecule has 0 aromatic heterocycles. The minimum Gasteiger partial charge on any atom is -0.493 e. The van der Waals surface area contributed by atoms with Crippen molar-refractivity contribution in [2.75, 3.05) is 40.5 Å². The van der Waals surface area contributed by atoms with E-state index in [1.807, 2.05) is 0 Å². The Morgan fingerprint density at radius 2 is 1.96 bits per heavy atom. The van der Waals surface area contributed by atoms with Gasteiger partial charge in [0.1, 0.15) is 6.61 Å². The number of fused-ring (bicyclic) bond motifs is 1. The molecule has 2 aliphatic rings. The van der Waals surface area contributed by atoms with Crippen LogP contribution in [0.25, 0.3) is 0 Å². The number of esters is 1. The van der Waals surface area contributed by atoms with Gasteiger partial charge in [-0.15, -0.1) is 0 Å². The normalized spacial score (nSPS) is 27.0. The first-order chi connectivity index (χ1) is 13.6. The first kappa shape index (κ1) is 21.0. The third-order valence-corrected chi connectivity index (χ3v) is 6.59. The molecule has 0 N–H and O–H groups in total. The van der Waals surface area contributed by atoms with E-state index in [9.17, 15) is 4.79 Å². The van der Waals surface area contributed by atoms with Crippen LogP contribution in [0.15, 0.2) is 18.2 Å². The van der Waals surface area contributed by atoms with Crippen molar-refractivity contribution in [2.24, 2.45) is 5.92 Å². The van der Waals surface area contributed by atoms with Gasteiger partial charge in [0.15, 0.2) is 11.5 Å². The van der Waals surface area contributed by atoms with Gasteiger partial charge in [0.05, 0.1) is 45.5 Å². The van der Waals surface area contributed by atoms with E-state index in [1.165, 1.54) is 49.7 Å². The number of methoxy groups -OCH3 is 1. The zero-order chi connectivity index (χ0) is 20.0. The molecule has 0 spiro atoms. The van der Waals surface area contributed by atoms with E-state index in [2.05, 4.69) is 14.0 Å². The van der Waals surface area contributed by atoms with Crippen molar-refractivity contribution < 1.29 is 23.5 Å². The predicted octanol–water partition coefficient (Wildman–Crippen LogP) is 4.44. The molecule has 5 nitrogen and oxygen atoms in total. The van der Waals surface area contributed by atoms with Crippen LogP contribution in [-0.2, 0) is 4.74 Å². The topological polar surface area (TPSA) is 44.8 Å². The molecule has 28 heavy (non-hydrogen) atoms. The molecule has 156 valence electrons. The number of ether oxygens (including phenoxy) is 3. The van der Waals surface area contributed by atoms with Gasteiger partial charge in [-0.05, 0) is 50.3 Å². The number of unbranched alkanes of at least 4 members (excludes halogenated alkanes) is 1. The first-order valence-corrected chi connectivity index (χ1v) is 10.9. The fourth-order valence-corrected chi connectivity index (χ4v) is 4.93. The van der Waals surface area contributed by atoms with Gasteiger partial charge in [-0.3, -0.25) is 0 Å². The Morgan fingerprint density at radius 3 is 2.75 bits per heavy atom. The van der Waals surface area contributed by atoms with Crippen LogP contribution in [0, 0.1) is 5.92 Å². The van der Waals surface area contributed by atoms with E-state index in [0.717, 1.165) is 12.8 Å². The molecule has 1 aromatic carbocycles. The van der Waals surface area contributed by atoms with Gasteiger partial charge >= 0.3 is 5.97 Å². The second kappa shape index (κ2) is 9.64. The van der Waals surface area contributed by atoms with E-state index in [-0.39, 0.29) is 5.97 Å². The van der Waals surface area contributed by atoms with Gasteiger partial charge in [0.2, 0.25) is 0 Å². The lowest BCUT2D eigenvalue weighted by Crippen LogP contribution is -2.61. The molecular weight excluding hydrogens is 354 g/mol. The van der Waals surface area contributed by atoms with Crippen molar-refractivity contribution in [3.05, 3.63) is 23.8 Å². The standard InChI is InChI=1S/C23H36NO4/c1-4-5-15-27-21-12-11-18(16-22(21)26-3)23(25)28-17-19-9-8-14-24(2)13-7-6-10-20(19)24/h11-12,16,19-20H,4-10,13-15,17H2,1-3H3/q+1/t19-,20?,24?/m0/s1. The highest BCUT2D eigenvalue weighted by atomic mass is 16.5. The van der Waals surface area contributed by atoms with Gasteiger partial charge in [0, 0.05) is 12.3 Å². The summed E-state index contributed by atoms with van der Waals surface area (Å²) >= 11 is 0. The number of benzene rings is 1. The number of hydrogen-bond donors (Lipinski definition) is 0. The SMILES string of the molecule is CCCCOc1ccc(C(=O)OC[C@@H]2CCC[N+]3(C)CCCCC23)cc1OC. The van der Waals surface area contributed by atoms with E-state index >= 15 is 0 Å². The van der Waals surface area contributed by atoms with Crippen LogP contribution >= 0.6 is 0 Å². The van der Waals surface area contributed by atoms with E-state index in [0.29, 0.717) is 42.2 Å². The Bertz CT molecular complexity index is 658. The molecule has 2 heterocycles. The lowest BCUT2D eigenvalue weighted by atomic mass is 9.82. The third-order valence-electron chi connectivity index (χ3n) is 6.59. The zero-order valence-corrected chi connectivity index (χ0v) is 17.7. The predicted molar refractivity (Wildman–Crippen MR) is 110 cm³/mol. The summed E-state index contributed by atoms with van der Waals surface area (Å²) in [7, 11) is 3.99. The number of nitrogens with zero attached hydrogens (tertiary/aromatic N) is 1. The molecule has 0 saturated carbocycles. The Hall–Kier alpha value is -1.75. The van der Waals surface area contributed by atoms with Gasteiger partial charge < -0.3 is 18.7 Å². The van der Waals surface area contributed by atoms with Gasteiger partial charge in [0.25, 0.3) is 0 Å². The van der Waals surface area contributed by atoms with Crippen molar-refractivity contribution in [3.8, 4) is 11.5 Å². The van der Waals surface area contributed by atoms with Crippen molar-refractivity contribution >= 4 is 5.97 Å². The van der Waals surface area contributed by atoms with Crippen molar-refractivity contribution in [2.45, 2.75) is 57.9 Å². The Labute approximate surface area is 169 Å². The lowest BCUT2D eigenvalue weighted by Gasteiger charge is -2.51. The third kappa shape index (κ3) is 4.80. The summed E-state index contributed by atoms with van der Waals surface area (Å²) in [5.41, 5.74) is 0.524. The van der Waals surface area contributed by atoms with E-state index < -0.39 is 0 Å². The monoisotopic (exact) mass is 390 g/mol. The number of rotatable bonds is 8. The highest BCUT2D eigenvalue weighted by Crippen LogP contribution is 2.36. The van der Waals surface area contributed by atoms with E-state index in [1.54, 1.807) is 25.3 Å². The van der Waals surface area contributed by atoms with E-state index in [4.69, 9.17) is 14.2 Å². The number of hydrogen-bond acceptors (Lipinski definition) is 4. The quantitative estimate of drug-likeness (QED) is 0.374. The van der Waals surface area contributed by atoms with Crippen molar-refractivity contribution in [1.82, 2.24) is 0 Å². The summed E-state index contributed by atoms with van der Waals surface area (Å²) < 4.78 is 18.1. The molecule has 2 aliphatic heterocycles. The molecule has 3 atom stereocenters. The van der Waals surface area contributed by atoms with Crippen LogP contribution in [0.1, 0.15) is 62.2 Å². The molecule has 0 radical (unpaired) electrons. The number of carbonyl (C=O) groups excluding carboxylic acids is 1. The van der Waals surface area contributed by atoms with Crippen LogP contribution in [-0.4, -0.2) is 57.0 Å². The molecule has 2 fully saturated rings. The van der Waals surface area contributed by atoms with Crippen LogP contribution in [0.5, 0.6) is 11.5 Å². The average molecular weight is 391 g/mol. The molecule has 3 rings (SSSR count). The number of piperidine rings is 2. The maximum absolute atomic E-state index is 12.6. The summed E-state index contributed by atoms with van der Waals surface area (Å²) in [5.74, 6) is 1.46. The minimum atomic E-state index is -0.269. The Balaban J connectivity index is 1.59. The van der Waals surface area contributed by atoms with Crippen LogP contribution in [0.4, 0.5) is 0 Å². The summed E-state index contributed by atoms with van der Waals surface area (Å²) in [6.45, 7) is 5.84. The van der Waals surface area contributed by atoms with Crippen molar-refractivity contribution in [3.63, 3.8) is 0 Å². The maximum Gasteiger partial charge on any atom is 0.338 e. The average Bonchev–Trinajstić information content (AvgIpc) is 2.71. The summed E-state index contributed by atoms with van der Waals surface area (Å²) in [6.07, 6.45) is 8.35. The Kier molecular flexibility index (Phi) is 7.22. The van der Waals surface area contributed by atoms with Gasteiger partial charge in [-0.2, -0.15) is 0 Å². The fourth-order valence-electron chi connectivity index (χ4n) is 4.93. The minimum absolute atomic E-state index is 0.269. The molecule has 1 aromatic rings. The summed E-state index contributed by atoms with van der Waals surface area (Å²) in [5, 5.41) is 0.